The molecule has 0 aromatic heterocycles. The minimum atomic E-state index is -0.173. The van der Waals surface area contributed by atoms with Crippen molar-refractivity contribution < 1.29 is 0 Å². The lowest BCUT2D eigenvalue weighted by atomic mass is 9.88. The molecular weight excluding hydrogens is 218 g/mol. The van der Waals surface area contributed by atoms with Crippen LogP contribution < -0.4 is 5.73 Å². The van der Waals surface area contributed by atoms with Gasteiger partial charge in [-0.05, 0) is 45.4 Å². The van der Waals surface area contributed by atoms with Crippen LogP contribution in [0.4, 0.5) is 0 Å². The van der Waals surface area contributed by atoms with Gasteiger partial charge in [0.15, 0.2) is 0 Å². The molecule has 3 nitrogen and oxygen atoms in total. The van der Waals surface area contributed by atoms with Gasteiger partial charge in [-0.2, -0.15) is 11.8 Å². The zero-order chi connectivity index (χ0) is 12.8. The van der Waals surface area contributed by atoms with Crippen molar-refractivity contribution in [1.82, 2.24) is 4.90 Å². The van der Waals surface area contributed by atoms with Crippen LogP contribution in [0.5, 0.6) is 0 Å². The molecule has 0 spiro atoms. The Labute approximate surface area is 105 Å². The zero-order valence-electron chi connectivity index (χ0n) is 11.3. The van der Waals surface area contributed by atoms with Gasteiger partial charge in [-0.15, -0.1) is 0 Å². The summed E-state index contributed by atoms with van der Waals surface area (Å²) in [4.78, 5) is 2.36. The van der Waals surface area contributed by atoms with Gasteiger partial charge in [0.1, 0.15) is 0 Å². The normalized spacial score (nSPS) is 14.1. The summed E-state index contributed by atoms with van der Waals surface area (Å²) in [6.45, 7) is 7.34. The molecule has 0 aromatic carbocycles. The SMILES string of the molecule is CSCCC(C)N(C)CCC(C)(C)C(=N)N. The number of rotatable bonds is 8. The molecule has 4 heteroatoms. The number of nitrogens with zero attached hydrogens (tertiary/aromatic N) is 1. The number of amidine groups is 1. The third-order valence-corrected chi connectivity index (χ3v) is 3.95. The molecule has 0 aromatic rings. The summed E-state index contributed by atoms with van der Waals surface area (Å²) >= 11 is 1.90. The number of hydrogen-bond donors (Lipinski definition) is 2. The minimum absolute atomic E-state index is 0.173. The van der Waals surface area contributed by atoms with Crippen molar-refractivity contribution in [3.05, 3.63) is 0 Å². The third-order valence-electron chi connectivity index (χ3n) is 3.31. The molecule has 0 aliphatic carbocycles. The van der Waals surface area contributed by atoms with Crippen molar-refractivity contribution in [3.63, 3.8) is 0 Å². The Bertz CT molecular complexity index is 216. The average Bonchev–Trinajstić information content (AvgIpc) is 2.22. The zero-order valence-corrected chi connectivity index (χ0v) is 12.2. The number of thioether (sulfide) groups is 1. The van der Waals surface area contributed by atoms with E-state index in [4.69, 9.17) is 11.1 Å². The van der Waals surface area contributed by atoms with Crippen molar-refractivity contribution in [2.45, 2.75) is 39.7 Å². The van der Waals surface area contributed by atoms with Gasteiger partial charge in [-0.3, -0.25) is 5.41 Å². The number of nitrogens with one attached hydrogen (secondary N) is 1. The molecule has 0 bridgehead atoms. The fraction of sp³-hybridized carbons (Fsp3) is 0.917. The van der Waals surface area contributed by atoms with E-state index in [0.29, 0.717) is 6.04 Å². The van der Waals surface area contributed by atoms with Gasteiger partial charge in [-0.1, -0.05) is 13.8 Å². The van der Waals surface area contributed by atoms with Crippen LogP contribution in [0.15, 0.2) is 0 Å². The lowest BCUT2D eigenvalue weighted by Crippen LogP contribution is -2.37. The van der Waals surface area contributed by atoms with Gasteiger partial charge in [-0.25, -0.2) is 0 Å². The van der Waals surface area contributed by atoms with Crippen LogP contribution >= 0.6 is 11.8 Å². The Balaban J connectivity index is 3.96. The third kappa shape index (κ3) is 5.75. The Hall–Kier alpha value is -0.220. The Kier molecular flexibility index (Phi) is 7.07. The number of hydrogen-bond acceptors (Lipinski definition) is 3. The van der Waals surface area contributed by atoms with E-state index in [1.54, 1.807) is 0 Å². The standard InChI is InChI=1S/C12H27N3S/c1-10(6-9-16-5)15(4)8-7-12(2,3)11(13)14/h10H,6-9H2,1-5H3,(H3,13,14). The molecule has 1 atom stereocenters. The van der Waals surface area contributed by atoms with Crippen LogP contribution in [0.25, 0.3) is 0 Å². The molecule has 0 heterocycles. The molecule has 0 radical (unpaired) electrons. The van der Waals surface area contributed by atoms with Crippen molar-refractivity contribution in [2.24, 2.45) is 11.1 Å². The Morgan fingerprint density at radius 2 is 2.06 bits per heavy atom. The number of nitrogens with two attached hydrogens (primary N) is 1. The highest BCUT2D eigenvalue weighted by atomic mass is 32.2. The van der Waals surface area contributed by atoms with Gasteiger partial charge >= 0.3 is 0 Å². The molecule has 0 rings (SSSR count). The molecule has 0 saturated heterocycles. The molecule has 96 valence electrons. The average molecular weight is 245 g/mol. The maximum atomic E-state index is 7.52. The first-order valence-electron chi connectivity index (χ1n) is 5.85. The largest absolute Gasteiger partial charge is 0.387 e. The fourth-order valence-corrected chi connectivity index (χ4v) is 1.90. The van der Waals surface area contributed by atoms with E-state index in [-0.39, 0.29) is 11.3 Å². The van der Waals surface area contributed by atoms with Crippen LogP contribution in [0.3, 0.4) is 0 Å². The van der Waals surface area contributed by atoms with Gasteiger partial charge < -0.3 is 10.6 Å². The van der Waals surface area contributed by atoms with E-state index >= 15 is 0 Å². The van der Waals surface area contributed by atoms with Crippen LogP contribution in [0.1, 0.15) is 33.6 Å². The highest BCUT2D eigenvalue weighted by Crippen LogP contribution is 2.20. The van der Waals surface area contributed by atoms with E-state index in [9.17, 15) is 0 Å². The highest BCUT2D eigenvalue weighted by Gasteiger charge is 2.22. The highest BCUT2D eigenvalue weighted by molar-refractivity contribution is 7.98. The van der Waals surface area contributed by atoms with Crippen molar-refractivity contribution >= 4 is 17.6 Å². The first-order chi connectivity index (χ1) is 7.31. The first kappa shape index (κ1) is 15.8. The Morgan fingerprint density at radius 1 is 1.50 bits per heavy atom. The van der Waals surface area contributed by atoms with E-state index in [0.717, 1.165) is 13.0 Å². The summed E-state index contributed by atoms with van der Waals surface area (Å²) in [5, 5.41) is 7.52. The topological polar surface area (TPSA) is 53.1 Å². The monoisotopic (exact) mass is 245 g/mol. The summed E-state index contributed by atoms with van der Waals surface area (Å²) in [5.41, 5.74) is 5.40. The first-order valence-corrected chi connectivity index (χ1v) is 7.24. The maximum absolute atomic E-state index is 7.52. The second kappa shape index (κ2) is 7.17. The van der Waals surface area contributed by atoms with E-state index in [1.165, 1.54) is 12.2 Å². The van der Waals surface area contributed by atoms with Gasteiger partial charge in [0.05, 0.1) is 5.84 Å². The molecule has 0 aliphatic rings. The summed E-state index contributed by atoms with van der Waals surface area (Å²) < 4.78 is 0. The Morgan fingerprint density at radius 3 is 2.50 bits per heavy atom. The quantitative estimate of drug-likeness (QED) is 0.510. The predicted octanol–water partition coefficient (Wildman–Crippen LogP) is 2.41. The summed E-state index contributed by atoms with van der Waals surface area (Å²) in [6, 6.07) is 0.607. The van der Waals surface area contributed by atoms with Crippen molar-refractivity contribution in [2.75, 3.05) is 25.6 Å². The fourth-order valence-electron chi connectivity index (χ4n) is 1.32. The van der Waals surface area contributed by atoms with Gasteiger partial charge in [0, 0.05) is 11.5 Å². The summed E-state index contributed by atoms with van der Waals surface area (Å²) in [7, 11) is 2.15. The molecular formula is C12H27N3S. The van der Waals surface area contributed by atoms with Crippen molar-refractivity contribution in [1.29, 1.82) is 5.41 Å². The molecule has 3 N–H and O–H groups in total. The van der Waals surface area contributed by atoms with Gasteiger partial charge in [0.25, 0.3) is 0 Å². The second-order valence-electron chi connectivity index (χ2n) is 5.16. The van der Waals surface area contributed by atoms with Crippen LogP contribution in [0.2, 0.25) is 0 Å². The molecule has 0 amide bonds. The van der Waals surface area contributed by atoms with Gasteiger partial charge in [0.2, 0.25) is 0 Å². The second-order valence-corrected chi connectivity index (χ2v) is 6.14. The van der Waals surface area contributed by atoms with Crippen LogP contribution in [-0.4, -0.2) is 42.4 Å². The smallest absolute Gasteiger partial charge is 0.0963 e. The lowest BCUT2D eigenvalue weighted by molar-refractivity contribution is 0.228. The molecule has 0 fully saturated rings. The predicted molar refractivity (Wildman–Crippen MR) is 75.4 cm³/mol. The molecule has 1 unspecified atom stereocenters. The van der Waals surface area contributed by atoms with Crippen molar-refractivity contribution in [3.8, 4) is 0 Å². The molecule has 0 saturated carbocycles. The molecule has 16 heavy (non-hydrogen) atoms. The van der Waals surface area contributed by atoms with E-state index < -0.39 is 0 Å². The molecule has 0 aliphatic heterocycles. The minimum Gasteiger partial charge on any atom is -0.387 e. The lowest BCUT2D eigenvalue weighted by Gasteiger charge is -2.29. The van der Waals surface area contributed by atoms with E-state index in [1.807, 2.05) is 25.6 Å². The van der Waals surface area contributed by atoms with Crippen LogP contribution in [-0.2, 0) is 0 Å². The van der Waals surface area contributed by atoms with E-state index in [2.05, 4.69) is 25.1 Å². The summed E-state index contributed by atoms with van der Waals surface area (Å²) in [6.07, 6.45) is 4.31. The summed E-state index contributed by atoms with van der Waals surface area (Å²) in [5.74, 6) is 1.50. The van der Waals surface area contributed by atoms with Crippen LogP contribution in [0, 0.1) is 10.8 Å². The maximum Gasteiger partial charge on any atom is 0.0963 e.